The fourth-order valence-corrected chi connectivity index (χ4v) is 2.55. The Labute approximate surface area is 127 Å². The van der Waals surface area contributed by atoms with Crippen molar-refractivity contribution in [2.75, 3.05) is 19.8 Å². The van der Waals surface area contributed by atoms with Gasteiger partial charge in [-0.1, -0.05) is 0 Å². The average molecular weight is 346 g/mol. The Morgan fingerprint density at radius 3 is 2.95 bits per heavy atom. The zero-order valence-corrected chi connectivity index (χ0v) is 13.4. The molecule has 1 aliphatic rings. The second-order valence-electron chi connectivity index (χ2n) is 4.97. The van der Waals surface area contributed by atoms with Gasteiger partial charge in [-0.05, 0) is 54.8 Å². The third-order valence-electron chi connectivity index (χ3n) is 3.46. The van der Waals surface area contributed by atoms with Gasteiger partial charge in [-0.25, -0.2) is 4.79 Å². The van der Waals surface area contributed by atoms with Gasteiger partial charge in [0.2, 0.25) is 0 Å². The molecule has 1 aromatic rings. The van der Waals surface area contributed by atoms with Crippen LogP contribution in [0, 0.1) is 0 Å². The Morgan fingerprint density at radius 1 is 1.60 bits per heavy atom. The first kappa shape index (κ1) is 15.5. The van der Waals surface area contributed by atoms with Crippen molar-refractivity contribution in [2.24, 2.45) is 0 Å². The lowest BCUT2D eigenvalue weighted by atomic mass is 9.98. The van der Waals surface area contributed by atoms with Crippen LogP contribution in [0.2, 0.25) is 0 Å². The Bertz CT molecular complexity index is 456. The van der Waals surface area contributed by atoms with E-state index in [4.69, 9.17) is 13.9 Å². The summed E-state index contributed by atoms with van der Waals surface area (Å²) in [6.45, 7) is 5.27. The molecule has 2 atom stereocenters. The molecule has 112 valence electrons. The van der Waals surface area contributed by atoms with E-state index in [0.717, 1.165) is 19.4 Å². The van der Waals surface area contributed by atoms with Crippen LogP contribution in [0.4, 0.5) is 0 Å². The number of rotatable bonds is 6. The van der Waals surface area contributed by atoms with E-state index >= 15 is 0 Å². The van der Waals surface area contributed by atoms with Gasteiger partial charge in [0.1, 0.15) is 5.76 Å². The highest BCUT2D eigenvalue weighted by Crippen LogP contribution is 2.27. The van der Waals surface area contributed by atoms with Crippen LogP contribution in [-0.4, -0.2) is 31.8 Å². The van der Waals surface area contributed by atoms with Crippen LogP contribution < -0.4 is 5.32 Å². The van der Waals surface area contributed by atoms with E-state index in [1.807, 2.05) is 0 Å². The molecule has 1 saturated heterocycles. The fourth-order valence-electron chi connectivity index (χ4n) is 2.24. The smallest absolute Gasteiger partial charge is 0.333 e. The minimum absolute atomic E-state index is 0.141. The molecule has 5 nitrogen and oxygen atoms in total. The van der Waals surface area contributed by atoms with Crippen molar-refractivity contribution in [2.45, 2.75) is 38.3 Å². The number of hydrogen-bond donors (Lipinski definition) is 1. The molecule has 20 heavy (non-hydrogen) atoms. The number of nitrogens with one attached hydrogen (secondary N) is 1. The minimum atomic E-state index is -1.01. The molecule has 1 aliphatic heterocycles. The maximum Gasteiger partial charge on any atom is 0.333 e. The first-order valence-corrected chi connectivity index (χ1v) is 7.65. The summed E-state index contributed by atoms with van der Waals surface area (Å²) in [6.07, 6.45) is 2.21. The van der Waals surface area contributed by atoms with E-state index in [0.29, 0.717) is 23.6 Å². The van der Waals surface area contributed by atoms with Gasteiger partial charge >= 0.3 is 5.97 Å². The normalized spacial score (nSPS) is 21.6. The Hall–Kier alpha value is -0.850. The van der Waals surface area contributed by atoms with E-state index in [-0.39, 0.29) is 12.1 Å². The number of halogens is 1. The molecule has 0 spiro atoms. The fraction of sp³-hybridized carbons (Fsp3) is 0.643. The highest BCUT2D eigenvalue weighted by Gasteiger charge is 2.40. The molecule has 0 bridgehead atoms. The number of esters is 1. The van der Waals surface area contributed by atoms with Crippen molar-refractivity contribution >= 4 is 21.9 Å². The van der Waals surface area contributed by atoms with E-state index in [2.05, 4.69) is 21.2 Å². The number of furan rings is 1. The third-order valence-corrected chi connectivity index (χ3v) is 3.88. The summed E-state index contributed by atoms with van der Waals surface area (Å²) < 4.78 is 16.9. The monoisotopic (exact) mass is 345 g/mol. The molecular weight excluding hydrogens is 326 g/mol. The molecule has 1 fully saturated rings. The van der Waals surface area contributed by atoms with E-state index < -0.39 is 5.54 Å². The van der Waals surface area contributed by atoms with Crippen LogP contribution >= 0.6 is 15.9 Å². The van der Waals surface area contributed by atoms with Gasteiger partial charge in [0.25, 0.3) is 0 Å². The van der Waals surface area contributed by atoms with Crippen molar-refractivity contribution < 1.29 is 18.7 Å². The number of carbonyl (C=O) groups excluding carboxylic acids is 1. The van der Waals surface area contributed by atoms with Crippen molar-refractivity contribution in [1.29, 1.82) is 0 Å². The largest absolute Gasteiger partial charge is 0.464 e. The van der Waals surface area contributed by atoms with Gasteiger partial charge in [-0.2, -0.15) is 0 Å². The number of ether oxygens (including phenoxy) is 2. The molecule has 0 aromatic carbocycles. The SMILES string of the molecule is CCOC(=O)C(C)(NCC1CCCO1)c1ccc(Br)o1. The maximum atomic E-state index is 12.3. The molecule has 2 heterocycles. The van der Waals surface area contributed by atoms with Crippen LogP contribution in [-0.2, 0) is 19.8 Å². The summed E-state index contributed by atoms with van der Waals surface area (Å²) in [4.78, 5) is 12.3. The third kappa shape index (κ3) is 3.42. The van der Waals surface area contributed by atoms with Gasteiger partial charge in [0, 0.05) is 13.2 Å². The summed E-state index contributed by atoms with van der Waals surface area (Å²) in [7, 11) is 0. The van der Waals surface area contributed by atoms with E-state index in [1.165, 1.54) is 0 Å². The minimum Gasteiger partial charge on any atom is -0.464 e. The first-order chi connectivity index (χ1) is 9.56. The predicted molar refractivity (Wildman–Crippen MR) is 77.4 cm³/mol. The Kier molecular flexibility index (Phi) is 5.23. The lowest BCUT2D eigenvalue weighted by Crippen LogP contribution is -2.50. The van der Waals surface area contributed by atoms with Crippen LogP contribution in [0.1, 0.15) is 32.4 Å². The topological polar surface area (TPSA) is 60.7 Å². The standard InChI is InChI=1S/C14H20BrNO4/c1-3-18-13(17)14(2,11-6-7-12(15)20-11)16-9-10-5-4-8-19-10/h6-7,10,16H,3-5,8-9H2,1-2H3. The lowest BCUT2D eigenvalue weighted by molar-refractivity contribution is -0.152. The van der Waals surface area contributed by atoms with Crippen molar-refractivity contribution in [3.05, 3.63) is 22.6 Å². The molecule has 0 amide bonds. The van der Waals surface area contributed by atoms with Crippen molar-refractivity contribution in [1.82, 2.24) is 5.32 Å². The molecule has 0 saturated carbocycles. The van der Waals surface area contributed by atoms with Gasteiger partial charge in [0.15, 0.2) is 10.2 Å². The molecule has 6 heteroatoms. The van der Waals surface area contributed by atoms with Crippen LogP contribution in [0.3, 0.4) is 0 Å². The molecule has 1 N–H and O–H groups in total. The van der Waals surface area contributed by atoms with E-state index in [1.54, 1.807) is 26.0 Å². The quantitative estimate of drug-likeness (QED) is 0.803. The second-order valence-corrected chi connectivity index (χ2v) is 5.75. The van der Waals surface area contributed by atoms with Crippen LogP contribution in [0.25, 0.3) is 0 Å². The molecule has 0 radical (unpaired) electrons. The van der Waals surface area contributed by atoms with E-state index in [9.17, 15) is 4.79 Å². The zero-order valence-electron chi connectivity index (χ0n) is 11.8. The zero-order chi connectivity index (χ0) is 14.6. The average Bonchev–Trinajstić information content (AvgIpc) is 3.07. The van der Waals surface area contributed by atoms with Crippen LogP contribution in [0.5, 0.6) is 0 Å². The van der Waals surface area contributed by atoms with Gasteiger partial charge in [0.05, 0.1) is 12.7 Å². The summed E-state index contributed by atoms with van der Waals surface area (Å²) in [5.74, 6) is 0.181. The molecule has 2 rings (SSSR count). The molecular formula is C14H20BrNO4. The summed E-state index contributed by atoms with van der Waals surface area (Å²) >= 11 is 3.26. The van der Waals surface area contributed by atoms with Crippen molar-refractivity contribution in [3.8, 4) is 0 Å². The second kappa shape index (κ2) is 6.74. The number of carbonyl (C=O) groups is 1. The summed E-state index contributed by atoms with van der Waals surface area (Å²) in [5, 5.41) is 3.24. The molecule has 2 unspecified atom stereocenters. The Morgan fingerprint density at radius 2 is 2.40 bits per heavy atom. The highest BCUT2D eigenvalue weighted by atomic mass is 79.9. The van der Waals surface area contributed by atoms with Crippen molar-refractivity contribution in [3.63, 3.8) is 0 Å². The van der Waals surface area contributed by atoms with Crippen LogP contribution in [0.15, 0.2) is 21.2 Å². The molecule has 0 aliphatic carbocycles. The lowest BCUT2D eigenvalue weighted by Gasteiger charge is -2.27. The maximum absolute atomic E-state index is 12.3. The summed E-state index contributed by atoms with van der Waals surface area (Å²) in [6, 6.07) is 3.53. The summed E-state index contributed by atoms with van der Waals surface area (Å²) in [5.41, 5.74) is -1.01. The Balaban J connectivity index is 2.12. The highest BCUT2D eigenvalue weighted by molar-refractivity contribution is 9.10. The van der Waals surface area contributed by atoms with Gasteiger partial charge in [-0.15, -0.1) is 0 Å². The predicted octanol–water partition coefficient (Wildman–Crippen LogP) is 2.59. The first-order valence-electron chi connectivity index (χ1n) is 6.86. The molecule has 1 aromatic heterocycles. The number of hydrogen-bond acceptors (Lipinski definition) is 5. The van der Waals surface area contributed by atoms with Gasteiger partial charge in [-0.3, -0.25) is 5.32 Å². The van der Waals surface area contributed by atoms with Gasteiger partial charge < -0.3 is 13.9 Å².